The quantitative estimate of drug-likeness (QED) is 0.412. The summed E-state index contributed by atoms with van der Waals surface area (Å²) in [5.41, 5.74) is 3.38. The number of aromatic nitrogens is 1. The molecule has 170 valence electrons. The fraction of sp³-hybridized carbons (Fsp3) is 0.214. The number of aliphatic carboxylic acids is 1. The SMILES string of the molecule is Cc1ccc(C(=O)c2ccn(CC=Cc3ccc(C=CCOC(C)(C)C(=O)O)cc3)c2)cc1. The first kappa shape index (κ1) is 24.0. The molecule has 0 radical (unpaired) electrons. The number of hydrogen-bond donors (Lipinski definition) is 1. The van der Waals surface area contributed by atoms with Gasteiger partial charge in [-0.25, -0.2) is 4.79 Å². The van der Waals surface area contributed by atoms with Crippen LogP contribution in [0.3, 0.4) is 0 Å². The van der Waals surface area contributed by atoms with Crippen LogP contribution in [0.2, 0.25) is 0 Å². The zero-order valence-corrected chi connectivity index (χ0v) is 19.2. The van der Waals surface area contributed by atoms with Crippen molar-refractivity contribution in [2.24, 2.45) is 0 Å². The number of carbonyl (C=O) groups excluding carboxylic acids is 1. The van der Waals surface area contributed by atoms with E-state index < -0.39 is 11.6 Å². The Morgan fingerprint density at radius 3 is 2.12 bits per heavy atom. The smallest absolute Gasteiger partial charge is 0.335 e. The highest BCUT2D eigenvalue weighted by molar-refractivity contribution is 6.08. The number of carboxylic acids is 1. The van der Waals surface area contributed by atoms with Crippen molar-refractivity contribution < 1.29 is 19.4 Å². The maximum atomic E-state index is 12.6. The third-order valence-corrected chi connectivity index (χ3v) is 5.26. The maximum Gasteiger partial charge on any atom is 0.335 e. The van der Waals surface area contributed by atoms with Crippen LogP contribution in [-0.2, 0) is 16.1 Å². The Kier molecular flexibility index (Phi) is 7.80. The van der Waals surface area contributed by atoms with Crippen molar-refractivity contribution in [1.82, 2.24) is 4.57 Å². The molecule has 5 nitrogen and oxygen atoms in total. The van der Waals surface area contributed by atoms with Gasteiger partial charge in [-0.15, -0.1) is 0 Å². The van der Waals surface area contributed by atoms with Crippen molar-refractivity contribution in [2.75, 3.05) is 6.61 Å². The van der Waals surface area contributed by atoms with Crippen LogP contribution in [0, 0.1) is 6.92 Å². The van der Waals surface area contributed by atoms with E-state index in [0.717, 1.165) is 16.7 Å². The minimum absolute atomic E-state index is 0.0262. The molecule has 33 heavy (non-hydrogen) atoms. The summed E-state index contributed by atoms with van der Waals surface area (Å²) in [6.45, 7) is 5.95. The van der Waals surface area contributed by atoms with Crippen LogP contribution < -0.4 is 0 Å². The molecule has 0 spiro atoms. The second-order valence-electron chi connectivity index (χ2n) is 8.39. The molecule has 0 bridgehead atoms. The Labute approximate surface area is 194 Å². The van der Waals surface area contributed by atoms with E-state index in [1.54, 1.807) is 6.08 Å². The van der Waals surface area contributed by atoms with Crippen molar-refractivity contribution >= 4 is 23.9 Å². The second kappa shape index (κ2) is 10.7. The molecule has 0 aliphatic carbocycles. The van der Waals surface area contributed by atoms with Gasteiger partial charge in [0.1, 0.15) is 0 Å². The van der Waals surface area contributed by atoms with Crippen LogP contribution >= 0.6 is 0 Å². The van der Waals surface area contributed by atoms with Gasteiger partial charge < -0.3 is 14.4 Å². The van der Waals surface area contributed by atoms with Gasteiger partial charge in [-0.3, -0.25) is 4.79 Å². The Balaban J connectivity index is 1.51. The van der Waals surface area contributed by atoms with E-state index in [1.165, 1.54) is 13.8 Å². The third kappa shape index (κ3) is 6.89. The molecular formula is C28H29NO4. The Morgan fingerprint density at radius 1 is 0.909 bits per heavy atom. The Hall–Kier alpha value is -3.70. The Morgan fingerprint density at radius 2 is 1.52 bits per heavy atom. The number of ether oxygens (including phenoxy) is 1. The number of allylic oxidation sites excluding steroid dienone is 1. The monoisotopic (exact) mass is 443 g/mol. The minimum Gasteiger partial charge on any atom is -0.479 e. The zero-order chi connectivity index (χ0) is 23.8. The molecule has 0 aliphatic heterocycles. The molecule has 5 heteroatoms. The normalized spacial score (nSPS) is 12.0. The average molecular weight is 444 g/mol. The van der Waals surface area contributed by atoms with Crippen molar-refractivity contribution in [1.29, 1.82) is 0 Å². The van der Waals surface area contributed by atoms with Gasteiger partial charge in [0.05, 0.1) is 6.61 Å². The van der Waals surface area contributed by atoms with Crippen molar-refractivity contribution in [2.45, 2.75) is 32.9 Å². The lowest BCUT2D eigenvalue weighted by Gasteiger charge is -2.18. The minimum atomic E-state index is -1.20. The molecule has 1 aromatic heterocycles. The molecule has 1 heterocycles. The predicted octanol–water partition coefficient (Wildman–Crippen LogP) is 5.63. The topological polar surface area (TPSA) is 68.5 Å². The number of rotatable bonds is 10. The molecule has 0 aliphatic rings. The van der Waals surface area contributed by atoms with Crippen LogP contribution in [0.4, 0.5) is 0 Å². The standard InChI is InChI=1S/C28H29NO4/c1-21-8-14-24(15-9-21)26(30)25-16-18-29(20-25)17-4-6-22-10-12-23(13-11-22)7-5-19-33-28(2,3)27(31)32/h4-16,18,20H,17,19H2,1-3H3,(H,31,32). The number of nitrogens with zero attached hydrogens (tertiary/aromatic N) is 1. The fourth-order valence-electron chi connectivity index (χ4n) is 3.09. The predicted molar refractivity (Wildman–Crippen MR) is 131 cm³/mol. The van der Waals surface area contributed by atoms with E-state index in [-0.39, 0.29) is 12.4 Å². The summed E-state index contributed by atoms with van der Waals surface area (Å²) >= 11 is 0. The third-order valence-electron chi connectivity index (χ3n) is 5.26. The lowest BCUT2D eigenvalue weighted by Crippen LogP contribution is -2.34. The molecule has 0 saturated heterocycles. The highest BCUT2D eigenvalue weighted by Gasteiger charge is 2.27. The summed E-state index contributed by atoms with van der Waals surface area (Å²) in [4.78, 5) is 23.6. The highest BCUT2D eigenvalue weighted by atomic mass is 16.5. The lowest BCUT2D eigenvalue weighted by molar-refractivity contribution is -0.159. The van der Waals surface area contributed by atoms with Crippen molar-refractivity contribution in [3.8, 4) is 0 Å². The molecule has 0 unspecified atom stereocenters. The number of hydrogen-bond acceptors (Lipinski definition) is 3. The first-order valence-electron chi connectivity index (χ1n) is 10.8. The fourth-order valence-corrected chi connectivity index (χ4v) is 3.09. The van der Waals surface area contributed by atoms with Crippen LogP contribution in [0.15, 0.2) is 79.1 Å². The van der Waals surface area contributed by atoms with E-state index in [4.69, 9.17) is 9.84 Å². The number of carbonyl (C=O) groups is 2. The van der Waals surface area contributed by atoms with Gasteiger partial charge in [-0.2, -0.15) is 0 Å². The molecule has 0 atom stereocenters. The molecule has 1 N–H and O–H groups in total. The van der Waals surface area contributed by atoms with Crippen molar-refractivity contribution in [3.63, 3.8) is 0 Å². The van der Waals surface area contributed by atoms with E-state index in [2.05, 4.69) is 0 Å². The molecule has 2 aromatic carbocycles. The molecule has 0 saturated carbocycles. The molecule has 3 rings (SSSR count). The van der Waals surface area contributed by atoms with Crippen molar-refractivity contribution in [3.05, 3.63) is 107 Å². The molecule has 0 fully saturated rings. The zero-order valence-electron chi connectivity index (χ0n) is 19.2. The van der Waals surface area contributed by atoms with Gasteiger partial charge in [0.15, 0.2) is 11.4 Å². The van der Waals surface area contributed by atoms with Gasteiger partial charge in [0.25, 0.3) is 0 Å². The summed E-state index contributed by atoms with van der Waals surface area (Å²) in [7, 11) is 0. The highest BCUT2D eigenvalue weighted by Crippen LogP contribution is 2.13. The maximum absolute atomic E-state index is 12.6. The van der Waals surface area contributed by atoms with Gasteiger partial charge in [0.2, 0.25) is 0 Å². The average Bonchev–Trinajstić information content (AvgIpc) is 3.26. The molecular weight excluding hydrogens is 414 g/mol. The lowest BCUT2D eigenvalue weighted by atomic mass is 10.0. The Bertz CT molecular complexity index is 1150. The number of aryl methyl sites for hydroxylation is 1. The first-order chi connectivity index (χ1) is 15.7. The van der Waals surface area contributed by atoms with Crippen LogP contribution in [0.1, 0.15) is 46.5 Å². The van der Waals surface area contributed by atoms with Gasteiger partial charge in [0, 0.05) is 30.1 Å². The van der Waals surface area contributed by atoms with Gasteiger partial charge in [-0.1, -0.05) is 78.4 Å². The summed E-state index contributed by atoms with van der Waals surface area (Å²) in [6, 6.07) is 17.5. The molecule has 0 amide bonds. The van der Waals surface area contributed by atoms with E-state index in [9.17, 15) is 9.59 Å². The largest absolute Gasteiger partial charge is 0.479 e. The van der Waals surface area contributed by atoms with Crippen LogP contribution in [0.25, 0.3) is 12.2 Å². The first-order valence-corrected chi connectivity index (χ1v) is 10.8. The summed E-state index contributed by atoms with van der Waals surface area (Å²) in [5, 5.41) is 9.04. The number of ketones is 1. The van der Waals surface area contributed by atoms with Crippen LogP contribution in [-0.4, -0.2) is 33.6 Å². The van der Waals surface area contributed by atoms with E-state index in [0.29, 0.717) is 17.7 Å². The summed E-state index contributed by atoms with van der Waals surface area (Å²) in [5.74, 6) is -0.959. The van der Waals surface area contributed by atoms with Gasteiger partial charge >= 0.3 is 5.97 Å². The molecule has 3 aromatic rings. The van der Waals surface area contributed by atoms with E-state index >= 15 is 0 Å². The second-order valence-corrected chi connectivity index (χ2v) is 8.39. The van der Waals surface area contributed by atoms with Gasteiger partial charge in [-0.05, 0) is 38.0 Å². The number of benzene rings is 2. The summed E-state index contributed by atoms with van der Waals surface area (Å²) < 4.78 is 7.34. The number of carboxylic acid groups (broad SMARTS) is 1. The van der Waals surface area contributed by atoms with E-state index in [1.807, 2.05) is 96.7 Å². The van der Waals surface area contributed by atoms with Crippen LogP contribution in [0.5, 0.6) is 0 Å². The summed E-state index contributed by atoms with van der Waals surface area (Å²) in [6.07, 6.45) is 11.6.